The minimum Gasteiger partial charge on any atom is -0.0988 e. The summed E-state index contributed by atoms with van der Waals surface area (Å²) >= 11 is 0. The third kappa shape index (κ3) is 8.27. The molecule has 17 heavy (non-hydrogen) atoms. The summed E-state index contributed by atoms with van der Waals surface area (Å²) < 4.78 is 0. The van der Waals surface area contributed by atoms with Gasteiger partial charge in [0.1, 0.15) is 0 Å². The highest BCUT2D eigenvalue weighted by Gasteiger charge is 1.93. The molecule has 0 aromatic heterocycles. The molecular weight excluding hydrogens is 204 g/mol. The normalized spacial score (nSPS) is 12.7. The van der Waals surface area contributed by atoms with Crippen LogP contribution in [0.25, 0.3) is 0 Å². The van der Waals surface area contributed by atoms with Gasteiger partial charge in [-0.25, -0.2) is 0 Å². The molecule has 0 aliphatic carbocycles. The van der Waals surface area contributed by atoms with Gasteiger partial charge in [-0.2, -0.15) is 0 Å². The van der Waals surface area contributed by atoms with Gasteiger partial charge in [-0.15, -0.1) is 0 Å². The van der Waals surface area contributed by atoms with Crippen LogP contribution in [-0.2, 0) is 0 Å². The Morgan fingerprint density at radius 1 is 1.06 bits per heavy atom. The van der Waals surface area contributed by atoms with E-state index in [1.165, 1.54) is 16.7 Å². The maximum absolute atomic E-state index is 4.05. The van der Waals surface area contributed by atoms with Crippen LogP contribution in [0.2, 0.25) is 0 Å². The molecule has 0 saturated carbocycles. The van der Waals surface area contributed by atoms with Crippen LogP contribution in [0, 0.1) is 0 Å². The molecule has 0 fully saturated rings. The maximum Gasteiger partial charge on any atom is -0.00319 e. The van der Waals surface area contributed by atoms with E-state index < -0.39 is 0 Å². The molecule has 0 nitrogen and oxygen atoms in total. The molecule has 0 rings (SSSR count). The molecular formula is C17H24. The van der Waals surface area contributed by atoms with Gasteiger partial charge < -0.3 is 0 Å². The van der Waals surface area contributed by atoms with E-state index in [4.69, 9.17) is 0 Å². The molecule has 0 saturated heterocycles. The first-order valence-electron chi connectivity index (χ1n) is 5.94. The zero-order chi connectivity index (χ0) is 13.3. The summed E-state index contributed by atoms with van der Waals surface area (Å²) in [4.78, 5) is 0. The highest BCUT2D eigenvalue weighted by Crippen LogP contribution is 2.13. The smallest absolute Gasteiger partial charge is 0.00319 e. The van der Waals surface area contributed by atoms with Gasteiger partial charge in [-0.05, 0) is 39.7 Å². The second-order valence-corrected chi connectivity index (χ2v) is 4.39. The van der Waals surface area contributed by atoms with Crippen LogP contribution in [0.15, 0.2) is 71.9 Å². The zero-order valence-electron chi connectivity index (χ0n) is 11.6. The van der Waals surface area contributed by atoms with E-state index in [1.54, 1.807) is 0 Å². The lowest BCUT2D eigenvalue weighted by molar-refractivity contribution is 1.21. The van der Waals surface area contributed by atoms with Crippen molar-refractivity contribution in [3.8, 4) is 0 Å². The van der Waals surface area contributed by atoms with Crippen molar-refractivity contribution >= 4 is 0 Å². The first-order valence-corrected chi connectivity index (χ1v) is 5.94. The standard InChI is InChI=1S/C17H24/c1-7-15(5)10-11-16(6)13-17(8-2)12-9-14(3)4/h7-12H,2,6,13H2,1,3-5H3/b11-10-,15-7-,17-12+. The van der Waals surface area contributed by atoms with Gasteiger partial charge in [0.2, 0.25) is 0 Å². The molecule has 0 amide bonds. The van der Waals surface area contributed by atoms with E-state index in [2.05, 4.69) is 64.3 Å². The summed E-state index contributed by atoms with van der Waals surface area (Å²) in [5.41, 5.74) is 4.83. The van der Waals surface area contributed by atoms with Crippen LogP contribution >= 0.6 is 0 Å². The zero-order valence-corrected chi connectivity index (χ0v) is 11.6. The van der Waals surface area contributed by atoms with E-state index in [9.17, 15) is 0 Å². The third-order valence-corrected chi connectivity index (χ3v) is 2.36. The Balaban J connectivity index is 4.55. The van der Waals surface area contributed by atoms with Crippen molar-refractivity contribution < 1.29 is 0 Å². The SMILES string of the molecule is C=C/C(=C\C=C(C)C)CC(=C)/C=C\C(C)=C/C. The van der Waals surface area contributed by atoms with Crippen molar-refractivity contribution in [2.24, 2.45) is 0 Å². The fourth-order valence-corrected chi connectivity index (χ4v) is 1.14. The quantitative estimate of drug-likeness (QED) is 0.524. The Morgan fingerprint density at radius 2 is 1.71 bits per heavy atom. The molecule has 0 heteroatoms. The van der Waals surface area contributed by atoms with Crippen LogP contribution in [0.3, 0.4) is 0 Å². The number of allylic oxidation sites excluding steroid dienone is 10. The summed E-state index contributed by atoms with van der Waals surface area (Å²) in [6, 6.07) is 0. The second-order valence-electron chi connectivity index (χ2n) is 4.39. The van der Waals surface area contributed by atoms with Gasteiger partial charge in [0.15, 0.2) is 0 Å². The summed E-state index contributed by atoms with van der Waals surface area (Å²) in [5, 5.41) is 0. The van der Waals surface area contributed by atoms with Crippen LogP contribution in [0.1, 0.15) is 34.1 Å². The predicted molar refractivity (Wildman–Crippen MR) is 80.0 cm³/mol. The molecule has 0 spiro atoms. The maximum atomic E-state index is 4.05. The van der Waals surface area contributed by atoms with Crippen molar-refractivity contribution in [2.45, 2.75) is 34.1 Å². The van der Waals surface area contributed by atoms with Gasteiger partial charge in [-0.3, -0.25) is 0 Å². The molecule has 0 bridgehead atoms. The fraction of sp³-hybridized carbons (Fsp3) is 0.294. The minimum atomic E-state index is 0.848. The van der Waals surface area contributed by atoms with Crippen LogP contribution < -0.4 is 0 Å². The number of hydrogen-bond donors (Lipinski definition) is 0. The highest BCUT2D eigenvalue weighted by atomic mass is 14.0. The first-order chi connectivity index (χ1) is 7.99. The van der Waals surface area contributed by atoms with E-state index in [0.29, 0.717) is 0 Å². The molecule has 0 atom stereocenters. The monoisotopic (exact) mass is 228 g/mol. The van der Waals surface area contributed by atoms with E-state index in [-0.39, 0.29) is 0 Å². The molecule has 0 radical (unpaired) electrons. The predicted octanol–water partition coefficient (Wildman–Crippen LogP) is 5.53. The molecule has 0 unspecified atom stereocenters. The fourth-order valence-electron chi connectivity index (χ4n) is 1.14. The van der Waals surface area contributed by atoms with Crippen molar-refractivity contribution in [3.63, 3.8) is 0 Å². The number of hydrogen-bond acceptors (Lipinski definition) is 0. The first kappa shape index (κ1) is 15.4. The van der Waals surface area contributed by atoms with Gasteiger partial charge in [0.25, 0.3) is 0 Å². The number of rotatable bonds is 6. The minimum absolute atomic E-state index is 0.848. The van der Waals surface area contributed by atoms with Crippen LogP contribution in [-0.4, -0.2) is 0 Å². The van der Waals surface area contributed by atoms with Crippen LogP contribution in [0.5, 0.6) is 0 Å². The Hall–Kier alpha value is -1.56. The highest BCUT2D eigenvalue weighted by molar-refractivity contribution is 5.33. The van der Waals surface area contributed by atoms with Gasteiger partial charge in [0.05, 0.1) is 0 Å². The lowest BCUT2D eigenvalue weighted by Crippen LogP contribution is -1.81. The van der Waals surface area contributed by atoms with Crippen molar-refractivity contribution in [2.75, 3.05) is 0 Å². The van der Waals surface area contributed by atoms with E-state index >= 15 is 0 Å². The molecule has 0 N–H and O–H groups in total. The van der Waals surface area contributed by atoms with Crippen LogP contribution in [0.4, 0.5) is 0 Å². The lowest BCUT2D eigenvalue weighted by Gasteiger charge is -2.01. The van der Waals surface area contributed by atoms with E-state index in [1.807, 2.05) is 13.0 Å². The van der Waals surface area contributed by atoms with Crippen molar-refractivity contribution in [1.82, 2.24) is 0 Å². The Kier molecular flexibility index (Phi) is 7.79. The largest absolute Gasteiger partial charge is 0.0988 e. The average molecular weight is 228 g/mol. The second kappa shape index (κ2) is 8.58. The summed E-state index contributed by atoms with van der Waals surface area (Å²) in [7, 11) is 0. The lowest BCUT2D eigenvalue weighted by atomic mass is 10.0. The van der Waals surface area contributed by atoms with Gasteiger partial charge >= 0.3 is 0 Å². The third-order valence-electron chi connectivity index (χ3n) is 2.36. The Bertz CT molecular complexity index is 380. The Morgan fingerprint density at radius 3 is 2.18 bits per heavy atom. The molecule has 0 aromatic carbocycles. The summed E-state index contributed by atoms with van der Waals surface area (Å²) in [6.07, 6.45) is 13.2. The van der Waals surface area contributed by atoms with Crippen molar-refractivity contribution in [3.05, 3.63) is 71.9 Å². The topological polar surface area (TPSA) is 0 Å². The average Bonchev–Trinajstić information content (AvgIpc) is 2.30. The summed E-state index contributed by atoms with van der Waals surface area (Å²) in [6.45, 7) is 16.2. The Labute approximate surface area is 106 Å². The van der Waals surface area contributed by atoms with E-state index in [0.717, 1.165) is 12.0 Å². The van der Waals surface area contributed by atoms with Gasteiger partial charge in [-0.1, -0.05) is 66.3 Å². The van der Waals surface area contributed by atoms with Gasteiger partial charge in [0, 0.05) is 0 Å². The molecule has 0 heterocycles. The molecule has 92 valence electrons. The molecule has 0 aromatic rings. The molecule has 0 aliphatic heterocycles. The molecule has 0 aliphatic rings. The summed E-state index contributed by atoms with van der Waals surface area (Å²) in [5.74, 6) is 0. The van der Waals surface area contributed by atoms with Crippen molar-refractivity contribution in [1.29, 1.82) is 0 Å².